The molecule has 0 radical (unpaired) electrons. The highest BCUT2D eigenvalue weighted by molar-refractivity contribution is 5.69. The summed E-state index contributed by atoms with van der Waals surface area (Å²) in [4.78, 5) is 15.9. The maximum absolute atomic E-state index is 11.8. The van der Waals surface area contributed by atoms with Crippen molar-refractivity contribution in [3.05, 3.63) is 10.4 Å². The Morgan fingerprint density at radius 3 is 2.82 bits per heavy atom. The van der Waals surface area contributed by atoms with E-state index in [9.17, 15) is 9.90 Å². The summed E-state index contributed by atoms with van der Waals surface area (Å²) in [6.45, 7) is 5.82. The highest BCUT2D eigenvalue weighted by Gasteiger charge is 2.37. The Balaban J connectivity index is 2.68. The van der Waals surface area contributed by atoms with Gasteiger partial charge in [-0.1, -0.05) is 5.11 Å². The highest BCUT2D eigenvalue weighted by Crippen LogP contribution is 2.21. The van der Waals surface area contributed by atoms with Gasteiger partial charge >= 0.3 is 6.09 Å². The van der Waals surface area contributed by atoms with Gasteiger partial charge in [0.2, 0.25) is 0 Å². The number of nitrogens with zero attached hydrogens (tertiary/aromatic N) is 4. The minimum absolute atomic E-state index is 0.0664. The van der Waals surface area contributed by atoms with Crippen LogP contribution in [-0.4, -0.2) is 46.9 Å². The Kier molecular flexibility index (Phi) is 4.20. The first-order valence-corrected chi connectivity index (χ1v) is 5.53. The number of aliphatic hydroxyl groups excluding tert-OH is 1. The maximum atomic E-state index is 11.8. The molecule has 0 aromatic heterocycles. The summed E-state index contributed by atoms with van der Waals surface area (Å²) in [6.07, 6.45) is -0.662. The van der Waals surface area contributed by atoms with Crippen molar-refractivity contribution in [2.45, 2.75) is 44.9 Å². The van der Waals surface area contributed by atoms with Gasteiger partial charge < -0.3 is 14.7 Å². The molecule has 1 saturated heterocycles. The molecule has 1 fully saturated rings. The van der Waals surface area contributed by atoms with Crippen molar-refractivity contribution in [2.75, 3.05) is 13.1 Å². The fourth-order valence-corrected chi connectivity index (χ4v) is 1.72. The fraction of sp³-hybridized carbons (Fsp3) is 0.900. The van der Waals surface area contributed by atoms with Gasteiger partial charge in [-0.05, 0) is 32.7 Å². The minimum Gasteiger partial charge on any atom is -0.444 e. The van der Waals surface area contributed by atoms with Crippen molar-refractivity contribution in [1.82, 2.24) is 4.90 Å². The molecule has 7 heteroatoms. The van der Waals surface area contributed by atoms with Crippen LogP contribution < -0.4 is 0 Å². The van der Waals surface area contributed by atoms with E-state index in [4.69, 9.17) is 10.3 Å². The summed E-state index contributed by atoms with van der Waals surface area (Å²) < 4.78 is 5.22. The molecule has 1 rings (SSSR count). The zero-order valence-corrected chi connectivity index (χ0v) is 10.3. The molecule has 1 aliphatic heterocycles. The van der Waals surface area contributed by atoms with E-state index in [1.807, 2.05) is 0 Å². The van der Waals surface area contributed by atoms with Crippen molar-refractivity contribution in [1.29, 1.82) is 0 Å². The zero-order valence-electron chi connectivity index (χ0n) is 10.3. The topological polar surface area (TPSA) is 98.5 Å². The molecule has 0 saturated carbocycles. The monoisotopic (exact) mass is 242 g/mol. The van der Waals surface area contributed by atoms with Crippen LogP contribution in [-0.2, 0) is 4.74 Å². The minimum atomic E-state index is -0.659. The number of aliphatic hydroxyl groups is 1. The SMILES string of the molecule is CC(C)(C)OC(=O)N1CC[C@@H](O)[C@H]1CN=[N+]=[N-]. The van der Waals surface area contributed by atoms with Crippen LogP contribution in [0.5, 0.6) is 0 Å². The number of azide groups is 1. The highest BCUT2D eigenvalue weighted by atomic mass is 16.6. The lowest BCUT2D eigenvalue weighted by molar-refractivity contribution is 0.0166. The van der Waals surface area contributed by atoms with Crippen molar-refractivity contribution < 1.29 is 14.6 Å². The van der Waals surface area contributed by atoms with Gasteiger partial charge in [0.05, 0.1) is 12.1 Å². The predicted molar refractivity (Wildman–Crippen MR) is 61.4 cm³/mol. The van der Waals surface area contributed by atoms with Gasteiger partial charge in [-0.2, -0.15) is 0 Å². The molecule has 7 nitrogen and oxygen atoms in total. The van der Waals surface area contributed by atoms with Gasteiger partial charge in [-0.3, -0.25) is 0 Å². The van der Waals surface area contributed by atoms with Crippen LogP contribution in [0, 0.1) is 0 Å². The molecule has 0 aliphatic carbocycles. The zero-order chi connectivity index (χ0) is 13.1. The van der Waals surface area contributed by atoms with Gasteiger partial charge in [-0.25, -0.2) is 4.79 Å². The molecule has 0 spiro atoms. The van der Waals surface area contributed by atoms with Gasteiger partial charge in [-0.15, -0.1) is 0 Å². The molecule has 1 N–H and O–H groups in total. The van der Waals surface area contributed by atoms with E-state index < -0.39 is 23.8 Å². The molecule has 17 heavy (non-hydrogen) atoms. The van der Waals surface area contributed by atoms with Crippen molar-refractivity contribution >= 4 is 6.09 Å². The van der Waals surface area contributed by atoms with E-state index in [-0.39, 0.29) is 6.54 Å². The fourth-order valence-electron chi connectivity index (χ4n) is 1.72. The van der Waals surface area contributed by atoms with E-state index in [1.165, 1.54) is 4.90 Å². The Morgan fingerprint density at radius 2 is 2.29 bits per heavy atom. The van der Waals surface area contributed by atoms with E-state index >= 15 is 0 Å². The van der Waals surface area contributed by atoms with E-state index in [0.29, 0.717) is 13.0 Å². The number of carbonyl (C=O) groups excluding carboxylic acids is 1. The molecule has 0 aromatic carbocycles. The molecule has 0 aromatic rings. The quantitative estimate of drug-likeness (QED) is 0.453. The number of hydrogen-bond donors (Lipinski definition) is 1. The first-order chi connectivity index (χ1) is 7.85. The van der Waals surface area contributed by atoms with E-state index in [0.717, 1.165) is 0 Å². The van der Waals surface area contributed by atoms with Crippen LogP contribution in [0.2, 0.25) is 0 Å². The molecular weight excluding hydrogens is 224 g/mol. The molecule has 0 unspecified atom stereocenters. The van der Waals surface area contributed by atoms with Crippen LogP contribution in [0.3, 0.4) is 0 Å². The second-order valence-electron chi connectivity index (χ2n) is 5.01. The number of ether oxygens (including phenoxy) is 1. The molecule has 1 amide bonds. The third-order valence-corrected chi connectivity index (χ3v) is 2.47. The van der Waals surface area contributed by atoms with Gasteiger partial charge in [0, 0.05) is 18.0 Å². The third-order valence-electron chi connectivity index (χ3n) is 2.47. The number of likely N-dealkylation sites (tertiary alicyclic amines) is 1. The average molecular weight is 242 g/mol. The van der Waals surface area contributed by atoms with Crippen LogP contribution in [0.15, 0.2) is 5.11 Å². The molecule has 1 heterocycles. The molecule has 2 atom stereocenters. The second kappa shape index (κ2) is 5.25. The summed E-state index contributed by atoms with van der Waals surface area (Å²) in [5.74, 6) is 0. The second-order valence-corrected chi connectivity index (χ2v) is 5.01. The van der Waals surface area contributed by atoms with Gasteiger partial charge in [0.25, 0.3) is 0 Å². The van der Waals surface area contributed by atoms with Crippen molar-refractivity contribution in [3.63, 3.8) is 0 Å². The number of rotatable bonds is 2. The Morgan fingerprint density at radius 1 is 1.65 bits per heavy atom. The van der Waals surface area contributed by atoms with E-state index in [2.05, 4.69) is 10.0 Å². The maximum Gasteiger partial charge on any atom is 0.410 e. The first kappa shape index (κ1) is 13.6. The summed E-state index contributed by atoms with van der Waals surface area (Å²) in [5.41, 5.74) is 7.69. The van der Waals surface area contributed by atoms with Crippen LogP contribution in [0.4, 0.5) is 4.79 Å². The largest absolute Gasteiger partial charge is 0.444 e. The number of amides is 1. The van der Waals surface area contributed by atoms with Crippen LogP contribution in [0.1, 0.15) is 27.2 Å². The summed E-state index contributed by atoms with van der Waals surface area (Å²) >= 11 is 0. The number of hydrogen-bond acceptors (Lipinski definition) is 4. The smallest absolute Gasteiger partial charge is 0.410 e. The molecule has 96 valence electrons. The van der Waals surface area contributed by atoms with Gasteiger partial charge in [0.15, 0.2) is 0 Å². The standard InChI is InChI=1S/C10H18N4O3/c1-10(2,3)17-9(16)14-5-4-8(15)7(14)6-12-13-11/h7-8,15H,4-6H2,1-3H3/t7-,8-/m1/s1. The van der Waals surface area contributed by atoms with Crippen LogP contribution in [0.25, 0.3) is 10.4 Å². The lowest BCUT2D eigenvalue weighted by Crippen LogP contribution is -2.44. The summed E-state index contributed by atoms with van der Waals surface area (Å²) in [6, 6.07) is -0.485. The summed E-state index contributed by atoms with van der Waals surface area (Å²) in [5, 5.41) is 13.1. The predicted octanol–water partition coefficient (Wildman–Crippen LogP) is 1.67. The summed E-state index contributed by atoms with van der Waals surface area (Å²) in [7, 11) is 0. The van der Waals surface area contributed by atoms with E-state index in [1.54, 1.807) is 20.8 Å². The number of carbonyl (C=O) groups is 1. The van der Waals surface area contributed by atoms with Gasteiger partial charge in [0.1, 0.15) is 5.60 Å². The molecular formula is C10H18N4O3. The molecule has 0 bridgehead atoms. The van der Waals surface area contributed by atoms with Crippen molar-refractivity contribution in [3.8, 4) is 0 Å². The Labute approximate surface area is 100.0 Å². The Hall–Kier alpha value is -1.46. The Bertz CT molecular complexity index is 333. The third kappa shape index (κ3) is 3.80. The molecule has 1 aliphatic rings. The first-order valence-electron chi connectivity index (χ1n) is 5.53. The van der Waals surface area contributed by atoms with Crippen molar-refractivity contribution in [2.24, 2.45) is 5.11 Å². The lowest BCUT2D eigenvalue weighted by Gasteiger charge is -2.28. The lowest BCUT2D eigenvalue weighted by atomic mass is 10.2. The normalized spacial score (nSPS) is 24.4. The average Bonchev–Trinajstić information content (AvgIpc) is 2.54. The van der Waals surface area contributed by atoms with Crippen LogP contribution >= 0.6 is 0 Å².